The van der Waals surface area contributed by atoms with Crippen LogP contribution < -0.4 is 16.4 Å². The monoisotopic (exact) mass is 524 g/mol. The second kappa shape index (κ2) is 9.99. The van der Waals surface area contributed by atoms with E-state index in [-0.39, 0.29) is 47.6 Å². The lowest BCUT2D eigenvalue weighted by Crippen LogP contribution is -2.65. The smallest absolute Gasteiger partial charge is 0.331 e. The maximum absolute atomic E-state index is 13.6. The Morgan fingerprint density at radius 1 is 1.21 bits per heavy atom. The highest BCUT2D eigenvalue weighted by Gasteiger charge is 2.56. The number of imide groups is 1. The number of nitrogens with one attached hydrogen (secondary N) is 2. The summed E-state index contributed by atoms with van der Waals surface area (Å²) >= 11 is 0. The van der Waals surface area contributed by atoms with Gasteiger partial charge in [-0.25, -0.2) is 9.48 Å². The molecule has 202 valence electrons. The number of benzene rings is 1. The summed E-state index contributed by atoms with van der Waals surface area (Å²) in [6.45, 7) is 8.11. The average molecular weight is 525 g/mol. The van der Waals surface area contributed by atoms with E-state index in [1.54, 1.807) is 19.1 Å². The number of hydrogen-bond donors (Lipinski definition) is 3. The molecule has 1 atom stereocenters. The molecular formula is C26H32N6O6. The third-order valence-corrected chi connectivity index (χ3v) is 7.28. The fourth-order valence-corrected chi connectivity index (χ4v) is 4.95. The Labute approximate surface area is 219 Å². The summed E-state index contributed by atoms with van der Waals surface area (Å²) in [6, 6.07) is 3.76. The van der Waals surface area contributed by atoms with Gasteiger partial charge in [0.15, 0.2) is 0 Å². The minimum Gasteiger partial charge on any atom is -0.464 e. The van der Waals surface area contributed by atoms with E-state index >= 15 is 0 Å². The summed E-state index contributed by atoms with van der Waals surface area (Å²) in [7, 11) is 0. The number of ether oxygens (including phenoxy) is 1. The molecule has 4 amide bonds. The normalized spacial score (nSPS) is 21.2. The molecule has 0 radical (unpaired) electrons. The quantitative estimate of drug-likeness (QED) is 0.327. The number of carbonyl (C=O) groups is 5. The summed E-state index contributed by atoms with van der Waals surface area (Å²) in [5, 5.41) is 13.4. The first kappa shape index (κ1) is 27.0. The molecule has 1 aliphatic carbocycles. The average Bonchev–Trinajstić information content (AvgIpc) is 3.40. The van der Waals surface area contributed by atoms with Gasteiger partial charge in [0.25, 0.3) is 11.8 Å². The largest absolute Gasteiger partial charge is 0.464 e. The lowest BCUT2D eigenvalue weighted by molar-refractivity contribution is -0.163. The van der Waals surface area contributed by atoms with Gasteiger partial charge in [-0.3, -0.25) is 24.5 Å². The molecule has 1 aromatic carbocycles. The second-order valence-electron chi connectivity index (χ2n) is 10.9. The first-order valence-electron chi connectivity index (χ1n) is 12.5. The van der Waals surface area contributed by atoms with Crippen LogP contribution in [0.1, 0.15) is 80.1 Å². The number of nitrogens with two attached hydrogens (primary N) is 1. The van der Waals surface area contributed by atoms with Crippen molar-refractivity contribution in [3.63, 3.8) is 0 Å². The predicted octanol–water partition coefficient (Wildman–Crippen LogP) is 1.51. The number of amides is 4. The second-order valence-corrected chi connectivity index (χ2v) is 10.9. The van der Waals surface area contributed by atoms with E-state index in [4.69, 9.17) is 10.5 Å². The zero-order chi connectivity index (χ0) is 27.8. The molecule has 2 aromatic rings. The van der Waals surface area contributed by atoms with Crippen molar-refractivity contribution >= 4 is 29.6 Å². The van der Waals surface area contributed by atoms with Crippen LogP contribution in [0, 0.1) is 11.3 Å². The van der Waals surface area contributed by atoms with Gasteiger partial charge in [0.05, 0.1) is 23.9 Å². The van der Waals surface area contributed by atoms with Gasteiger partial charge >= 0.3 is 5.97 Å². The summed E-state index contributed by atoms with van der Waals surface area (Å²) < 4.78 is 6.57. The highest BCUT2D eigenvalue weighted by Crippen LogP contribution is 2.48. The van der Waals surface area contributed by atoms with Crippen LogP contribution in [-0.2, 0) is 19.1 Å². The molecule has 1 unspecified atom stereocenters. The zero-order valence-electron chi connectivity index (χ0n) is 21.9. The SMILES string of the molecule is CCOC(=O)C1(NC(=O)C(CCC(N)=O)n2cc(-c3cccc4c3C(=O)NC4=O)nn2)CC(C(C)(C)C)C1. The van der Waals surface area contributed by atoms with Gasteiger partial charge in [0.1, 0.15) is 17.3 Å². The molecule has 4 rings (SSSR count). The lowest BCUT2D eigenvalue weighted by atomic mass is 9.58. The number of primary amides is 1. The molecule has 1 aliphatic heterocycles. The molecule has 38 heavy (non-hydrogen) atoms. The van der Waals surface area contributed by atoms with E-state index in [2.05, 4.69) is 41.7 Å². The van der Waals surface area contributed by atoms with E-state index < -0.39 is 41.2 Å². The maximum atomic E-state index is 13.6. The van der Waals surface area contributed by atoms with Gasteiger partial charge in [0, 0.05) is 12.0 Å². The molecular weight excluding hydrogens is 492 g/mol. The van der Waals surface area contributed by atoms with Crippen molar-refractivity contribution in [3.8, 4) is 11.3 Å². The van der Waals surface area contributed by atoms with E-state index in [9.17, 15) is 24.0 Å². The molecule has 4 N–H and O–H groups in total. The number of hydrogen-bond acceptors (Lipinski definition) is 8. The number of aromatic nitrogens is 3. The Morgan fingerprint density at radius 2 is 1.89 bits per heavy atom. The molecule has 0 spiro atoms. The molecule has 1 fully saturated rings. The summed E-state index contributed by atoms with van der Waals surface area (Å²) in [6.07, 6.45) is 2.21. The van der Waals surface area contributed by atoms with E-state index in [1.807, 2.05) is 0 Å². The van der Waals surface area contributed by atoms with Crippen LogP contribution in [0.25, 0.3) is 11.3 Å². The molecule has 12 nitrogen and oxygen atoms in total. The molecule has 0 saturated heterocycles. The standard InChI is InChI=1S/C26H32N6O6/c1-5-38-24(37)26(11-14(12-26)25(2,3)4)29-22(35)18(9-10-19(27)33)32-13-17(30-31-32)15-7-6-8-16-20(15)23(36)28-21(16)34/h6-8,13-14,18H,5,9-12H2,1-4H3,(H2,27,33)(H,29,35)(H,28,34,36). The van der Waals surface area contributed by atoms with Gasteiger partial charge in [-0.05, 0) is 43.6 Å². The van der Waals surface area contributed by atoms with Crippen LogP contribution in [0.4, 0.5) is 0 Å². The Balaban J connectivity index is 1.63. The lowest BCUT2D eigenvalue weighted by Gasteiger charge is -2.51. The van der Waals surface area contributed by atoms with E-state index in [0.29, 0.717) is 18.4 Å². The molecule has 0 bridgehead atoms. The number of esters is 1. The van der Waals surface area contributed by atoms with Crippen molar-refractivity contribution in [1.82, 2.24) is 25.6 Å². The Bertz CT molecular complexity index is 1300. The highest BCUT2D eigenvalue weighted by molar-refractivity contribution is 6.24. The molecule has 1 saturated carbocycles. The van der Waals surface area contributed by atoms with Crippen LogP contribution >= 0.6 is 0 Å². The van der Waals surface area contributed by atoms with E-state index in [1.165, 1.54) is 16.9 Å². The fraction of sp³-hybridized carbons (Fsp3) is 0.500. The van der Waals surface area contributed by atoms with Crippen molar-refractivity contribution in [3.05, 3.63) is 35.5 Å². The van der Waals surface area contributed by atoms with Crippen LogP contribution in [0.15, 0.2) is 24.4 Å². The summed E-state index contributed by atoms with van der Waals surface area (Å²) in [5.41, 5.74) is 5.15. The number of rotatable bonds is 9. The van der Waals surface area contributed by atoms with Crippen molar-refractivity contribution in [2.45, 2.75) is 65.0 Å². The third kappa shape index (κ3) is 5.02. The topological polar surface area (TPSA) is 175 Å². The van der Waals surface area contributed by atoms with Gasteiger partial charge in [-0.15, -0.1) is 5.10 Å². The van der Waals surface area contributed by atoms with Crippen molar-refractivity contribution in [2.24, 2.45) is 17.1 Å². The van der Waals surface area contributed by atoms with E-state index in [0.717, 1.165) is 0 Å². The fourth-order valence-electron chi connectivity index (χ4n) is 4.95. The first-order valence-corrected chi connectivity index (χ1v) is 12.5. The van der Waals surface area contributed by atoms with Gasteiger partial charge in [-0.2, -0.15) is 0 Å². The van der Waals surface area contributed by atoms with Gasteiger partial charge < -0.3 is 15.8 Å². The maximum Gasteiger partial charge on any atom is 0.331 e. The number of fused-ring (bicyclic) bond motifs is 1. The van der Waals surface area contributed by atoms with Crippen LogP contribution in [0.3, 0.4) is 0 Å². The molecule has 2 aliphatic rings. The van der Waals surface area contributed by atoms with Gasteiger partial charge in [0.2, 0.25) is 11.8 Å². The summed E-state index contributed by atoms with van der Waals surface area (Å²) in [4.78, 5) is 62.5. The van der Waals surface area contributed by atoms with Crippen molar-refractivity contribution < 1.29 is 28.7 Å². The van der Waals surface area contributed by atoms with Crippen LogP contribution in [0.5, 0.6) is 0 Å². The number of nitrogens with zero attached hydrogens (tertiary/aromatic N) is 3. The van der Waals surface area contributed by atoms with Gasteiger partial charge in [-0.1, -0.05) is 38.1 Å². The molecule has 2 heterocycles. The summed E-state index contributed by atoms with van der Waals surface area (Å²) in [5.74, 6) is -2.49. The zero-order valence-corrected chi connectivity index (χ0v) is 21.9. The van der Waals surface area contributed by atoms with Crippen molar-refractivity contribution in [1.29, 1.82) is 0 Å². The Kier molecular flexibility index (Phi) is 7.09. The highest BCUT2D eigenvalue weighted by atomic mass is 16.5. The third-order valence-electron chi connectivity index (χ3n) is 7.28. The molecule has 1 aromatic heterocycles. The Morgan fingerprint density at radius 3 is 2.53 bits per heavy atom. The minimum atomic E-state index is -1.18. The first-order chi connectivity index (χ1) is 17.9. The predicted molar refractivity (Wildman–Crippen MR) is 134 cm³/mol. The van der Waals surface area contributed by atoms with Crippen LogP contribution in [-0.4, -0.2) is 56.7 Å². The Hall–Kier alpha value is -4.09. The molecule has 12 heteroatoms. The number of carbonyl (C=O) groups excluding carboxylic acids is 5. The minimum absolute atomic E-state index is 0.0113. The van der Waals surface area contributed by atoms with Crippen LogP contribution in [0.2, 0.25) is 0 Å². The van der Waals surface area contributed by atoms with Crippen molar-refractivity contribution in [2.75, 3.05) is 6.61 Å².